The molecule has 13 heteroatoms. The lowest BCUT2D eigenvalue weighted by Gasteiger charge is -2.47. The highest BCUT2D eigenvalue weighted by atomic mass is 32.2. The van der Waals surface area contributed by atoms with Gasteiger partial charge in [0.2, 0.25) is 5.91 Å². The molecule has 0 saturated carbocycles. The van der Waals surface area contributed by atoms with Gasteiger partial charge in [-0.15, -0.1) is 0 Å². The Hall–Kier alpha value is -4.62. The number of nitrogens with zero attached hydrogens (tertiary/aromatic N) is 2. The summed E-state index contributed by atoms with van der Waals surface area (Å²) in [6.07, 6.45) is 0.975. The van der Waals surface area contributed by atoms with Crippen molar-refractivity contribution in [2.24, 2.45) is 17.8 Å². The number of hydrogen-bond donors (Lipinski definition) is 0. The Kier molecular flexibility index (Phi) is 8.28. The van der Waals surface area contributed by atoms with Gasteiger partial charge in [-0.25, -0.2) is 9.59 Å². The molecule has 0 aliphatic carbocycles. The number of non-ortho nitro benzene ring substituents is 1. The molecule has 230 valence electrons. The summed E-state index contributed by atoms with van der Waals surface area (Å²) < 4.78 is 39.5. The first-order chi connectivity index (χ1) is 20.8. The van der Waals surface area contributed by atoms with Gasteiger partial charge in [0.05, 0.1) is 35.3 Å². The largest absolute Gasteiger partial charge is 0.488 e. The van der Waals surface area contributed by atoms with Gasteiger partial charge in [-0.3, -0.25) is 19.1 Å². The third-order valence-electron chi connectivity index (χ3n) is 7.99. The van der Waals surface area contributed by atoms with Crippen LogP contribution >= 0.6 is 0 Å². The molecule has 0 N–H and O–H groups in total. The van der Waals surface area contributed by atoms with Crippen LogP contribution in [0.4, 0.5) is 5.69 Å². The molecule has 3 atom stereocenters. The van der Waals surface area contributed by atoms with Crippen LogP contribution in [0, 0.1) is 27.9 Å². The smallest absolute Gasteiger partial charge is 0.363 e. The number of β-lactam (4-membered cyclic amide) rings is 1. The predicted molar refractivity (Wildman–Crippen MR) is 158 cm³/mol. The average molecular weight is 623 g/mol. The second-order valence-corrected chi connectivity index (χ2v) is 12.8. The minimum Gasteiger partial charge on any atom is -0.488 e. The van der Waals surface area contributed by atoms with Crippen molar-refractivity contribution >= 4 is 44.4 Å². The Morgan fingerprint density at radius 3 is 2.27 bits per heavy atom. The molecule has 44 heavy (non-hydrogen) atoms. The maximum atomic E-state index is 13.5. The molecule has 0 radical (unpaired) electrons. The number of nitro benzene ring substituents is 1. The standard InChI is InChI=1S/C31H30N2O10S/c1-17(2)26-27-18(3)24(16-41-25-10-6-8-22-20(7-5-9-23(22)25)15-42-44(4,39)40)28(32(27)29(26)34)31(36)43-30(35)19-11-13-21(14-12-19)33(37)38/h5-14,17-18,26-27H,15-16H2,1-4H3/t18-,26+,27+/m0/s1. The maximum Gasteiger partial charge on any atom is 0.363 e. The SMILES string of the molecule is CC(C)[C@H]1C(=O)N2C(C(=O)OC(=O)c3ccc([N+](=O)[O-])cc3)=C(COc3cccc4c(COS(C)(=O)=O)cccc34)[C@H](C)[C@H]12. The van der Waals surface area contributed by atoms with E-state index in [1.54, 1.807) is 24.3 Å². The third-order valence-corrected chi connectivity index (χ3v) is 8.54. The van der Waals surface area contributed by atoms with E-state index in [0.29, 0.717) is 27.7 Å². The van der Waals surface area contributed by atoms with Gasteiger partial charge in [-0.2, -0.15) is 8.42 Å². The van der Waals surface area contributed by atoms with Crippen molar-refractivity contribution in [3.8, 4) is 5.75 Å². The summed E-state index contributed by atoms with van der Waals surface area (Å²) in [6.45, 7) is 5.50. The number of benzene rings is 3. The number of nitro groups is 1. The summed E-state index contributed by atoms with van der Waals surface area (Å²) in [5.41, 5.74) is 0.780. The summed E-state index contributed by atoms with van der Waals surface area (Å²) >= 11 is 0. The van der Waals surface area contributed by atoms with Crippen LogP contribution in [0.5, 0.6) is 5.75 Å². The highest BCUT2D eigenvalue weighted by Crippen LogP contribution is 2.49. The fourth-order valence-corrected chi connectivity index (χ4v) is 6.19. The Labute approximate surface area is 253 Å². The van der Waals surface area contributed by atoms with Gasteiger partial charge in [0.1, 0.15) is 18.1 Å². The van der Waals surface area contributed by atoms with Gasteiger partial charge >= 0.3 is 11.9 Å². The Morgan fingerprint density at radius 1 is 0.977 bits per heavy atom. The minimum atomic E-state index is -3.66. The van der Waals surface area contributed by atoms with Crippen LogP contribution in [-0.2, 0) is 35.2 Å². The summed E-state index contributed by atoms with van der Waals surface area (Å²) in [6, 6.07) is 14.9. The zero-order valence-electron chi connectivity index (χ0n) is 24.4. The molecule has 3 aromatic carbocycles. The summed E-state index contributed by atoms with van der Waals surface area (Å²) in [4.78, 5) is 51.2. The van der Waals surface area contributed by atoms with Gasteiger partial charge in [0.25, 0.3) is 15.8 Å². The van der Waals surface area contributed by atoms with Crippen molar-refractivity contribution in [2.45, 2.75) is 33.4 Å². The van der Waals surface area contributed by atoms with Crippen LogP contribution in [0.2, 0.25) is 0 Å². The molecule has 1 amide bonds. The van der Waals surface area contributed by atoms with Crippen molar-refractivity contribution in [2.75, 3.05) is 12.9 Å². The van der Waals surface area contributed by atoms with E-state index >= 15 is 0 Å². The van der Waals surface area contributed by atoms with Crippen LogP contribution < -0.4 is 4.74 Å². The first-order valence-corrected chi connectivity index (χ1v) is 15.6. The zero-order valence-corrected chi connectivity index (χ0v) is 25.2. The van der Waals surface area contributed by atoms with E-state index in [1.165, 1.54) is 17.0 Å². The Morgan fingerprint density at radius 2 is 1.64 bits per heavy atom. The molecule has 0 unspecified atom stereocenters. The number of carbonyl (C=O) groups excluding carboxylic acids is 3. The maximum absolute atomic E-state index is 13.5. The van der Waals surface area contributed by atoms with E-state index in [1.807, 2.05) is 32.9 Å². The fourth-order valence-electron chi connectivity index (χ4n) is 5.85. The van der Waals surface area contributed by atoms with E-state index in [9.17, 15) is 32.9 Å². The monoisotopic (exact) mass is 622 g/mol. The quantitative estimate of drug-likeness (QED) is 0.0793. The Bertz CT molecular complexity index is 1810. The molecule has 3 aromatic rings. The van der Waals surface area contributed by atoms with Crippen molar-refractivity contribution in [3.05, 3.63) is 93.2 Å². The second-order valence-electron chi connectivity index (χ2n) is 11.1. The molecular formula is C31H30N2O10S. The third kappa shape index (κ3) is 5.80. The normalized spacial score (nSPS) is 19.6. The van der Waals surface area contributed by atoms with E-state index in [-0.39, 0.29) is 59.9 Å². The fraction of sp³-hybridized carbons (Fsp3) is 0.323. The van der Waals surface area contributed by atoms with Gasteiger partial charge in [-0.1, -0.05) is 51.1 Å². The van der Waals surface area contributed by atoms with Crippen molar-refractivity contribution in [3.63, 3.8) is 0 Å². The van der Waals surface area contributed by atoms with Crippen LogP contribution in [-0.4, -0.2) is 55.0 Å². The zero-order chi connectivity index (χ0) is 31.9. The molecule has 2 aliphatic rings. The molecule has 0 spiro atoms. The van der Waals surface area contributed by atoms with Crippen LogP contribution in [0.15, 0.2) is 71.9 Å². The highest BCUT2D eigenvalue weighted by Gasteiger charge is 2.59. The van der Waals surface area contributed by atoms with Gasteiger partial charge in [0, 0.05) is 29.0 Å². The minimum absolute atomic E-state index is 0.0103. The van der Waals surface area contributed by atoms with Crippen LogP contribution in [0.3, 0.4) is 0 Å². The topological polar surface area (TPSA) is 159 Å². The number of amides is 1. The van der Waals surface area contributed by atoms with Gasteiger partial charge in [-0.05, 0) is 35.1 Å². The molecule has 2 aliphatic heterocycles. The lowest BCUT2D eigenvalue weighted by Crippen LogP contribution is -2.62. The number of fused-ring (bicyclic) bond motifs is 2. The molecule has 2 heterocycles. The molecule has 1 saturated heterocycles. The number of rotatable bonds is 10. The van der Waals surface area contributed by atoms with E-state index in [4.69, 9.17) is 13.7 Å². The van der Waals surface area contributed by atoms with E-state index in [2.05, 4.69) is 0 Å². The Balaban J connectivity index is 1.44. The molecular weight excluding hydrogens is 592 g/mol. The number of ether oxygens (including phenoxy) is 2. The van der Waals surface area contributed by atoms with Crippen LogP contribution in [0.25, 0.3) is 10.8 Å². The van der Waals surface area contributed by atoms with Crippen molar-refractivity contribution in [1.82, 2.24) is 4.90 Å². The van der Waals surface area contributed by atoms with E-state index < -0.39 is 27.0 Å². The van der Waals surface area contributed by atoms with Crippen molar-refractivity contribution in [1.29, 1.82) is 0 Å². The number of hydrogen-bond acceptors (Lipinski definition) is 10. The predicted octanol–water partition coefficient (Wildman–Crippen LogP) is 4.37. The molecule has 0 bridgehead atoms. The summed E-state index contributed by atoms with van der Waals surface area (Å²) in [5.74, 6) is -2.43. The lowest BCUT2D eigenvalue weighted by molar-refractivity contribution is -0.384. The molecule has 12 nitrogen and oxygen atoms in total. The number of carbonyl (C=O) groups is 3. The highest BCUT2D eigenvalue weighted by molar-refractivity contribution is 7.85. The van der Waals surface area contributed by atoms with Gasteiger partial charge in [0.15, 0.2) is 0 Å². The van der Waals surface area contributed by atoms with Crippen molar-refractivity contribution < 1.29 is 41.4 Å². The summed E-state index contributed by atoms with van der Waals surface area (Å²) in [5, 5.41) is 12.4. The molecule has 0 aromatic heterocycles. The molecule has 1 fully saturated rings. The lowest BCUT2D eigenvalue weighted by atomic mass is 9.74. The average Bonchev–Trinajstić information content (AvgIpc) is 3.21. The first-order valence-electron chi connectivity index (χ1n) is 13.8. The van der Waals surface area contributed by atoms with Crippen LogP contribution in [0.1, 0.15) is 36.7 Å². The number of esters is 2. The van der Waals surface area contributed by atoms with E-state index in [0.717, 1.165) is 18.4 Å². The second kappa shape index (κ2) is 11.8. The first kappa shape index (κ1) is 30.8. The van der Waals surface area contributed by atoms with Gasteiger partial charge < -0.3 is 14.4 Å². The summed E-state index contributed by atoms with van der Waals surface area (Å²) in [7, 11) is -3.66. The molecule has 5 rings (SSSR count).